The first-order chi connectivity index (χ1) is 15.6. The largest absolute Gasteiger partial charge is 0.378 e. The van der Waals surface area contributed by atoms with E-state index < -0.39 is 0 Å². The number of pyridine rings is 1. The summed E-state index contributed by atoms with van der Waals surface area (Å²) in [6.07, 6.45) is 8.25. The molecule has 1 amide bonds. The lowest BCUT2D eigenvalue weighted by molar-refractivity contribution is -0.119. The van der Waals surface area contributed by atoms with Crippen LogP contribution in [-0.2, 0) is 22.5 Å². The van der Waals surface area contributed by atoms with E-state index in [0.29, 0.717) is 12.5 Å². The van der Waals surface area contributed by atoms with Gasteiger partial charge in [-0.2, -0.15) is 0 Å². The number of morpholine rings is 1. The van der Waals surface area contributed by atoms with Crippen molar-refractivity contribution in [3.05, 3.63) is 64.1 Å². The smallest absolute Gasteiger partial charge is 0.251 e. The highest BCUT2D eigenvalue weighted by atomic mass is 16.5. The van der Waals surface area contributed by atoms with Gasteiger partial charge in [0.15, 0.2) is 0 Å². The molecule has 0 spiro atoms. The molecule has 1 unspecified atom stereocenters. The predicted molar refractivity (Wildman–Crippen MR) is 127 cm³/mol. The van der Waals surface area contributed by atoms with E-state index in [1.54, 1.807) is 10.6 Å². The van der Waals surface area contributed by atoms with Crippen LogP contribution in [0.15, 0.2) is 47.4 Å². The molecule has 1 fully saturated rings. The number of carbonyl (C=O) groups is 1. The molecule has 0 saturated carbocycles. The van der Waals surface area contributed by atoms with Crippen molar-refractivity contribution in [1.82, 2.24) is 4.57 Å². The zero-order chi connectivity index (χ0) is 22.1. The van der Waals surface area contributed by atoms with Crippen molar-refractivity contribution in [1.29, 1.82) is 0 Å². The van der Waals surface area contributed by atoms with Crippen molar-refractivity contribution in [2.45, 2.75) is 39.2 Å². The molecule has 1 aromatic heterocycles. The van der Waals surface area contributed by atoms with Crippen LogP contribution in [0.4, 0.5) is 11.4 Å². The maximum Gasteiger partial charge on any atom is 0.251 e. The van der Waals surface area contributed by atoms with Gasteiger partial charge in [-0.05, 0) is 60.9 Å². The molecule has 5 rings (SSSR count). The second-order valence-corrected chi connectivity index (χ2v) is 9.16. The Morgan fingerprint density at radius 3 is 2.66 bits per heavy atom. The van der Waals surface area contributed by atoms with Crippen molar-refractivity contribution in [2.24, 2.45) is 5.92 Å². The fourth-order valence-electron chi connectivity index (χ4n) is 5.08. The van der Waals surface area contributed by atoms with E-state index in [-0.39, 0.29) is 18.0 Å². The fraction of sp³-hybridized carbons (Fsp3) is 0.462. The van der Waals surface area contributed by atoms with E-state index in [9.17, 15) is 9.59 Å². The van der Waals surface area contributed by atoms with E-state index in [1.807, 2.05) is 29.3 Å². The van der Waals surface area contributed by atoms with Crippen LogP contribution >= 0.6 is 0 Å². The number of rotatable bonds is 4. The maximum absolute atomic E-state index is 13.3. The third-order valence-corrected chi connectivity index (χ3v) is 6.99. The number of hydrogen-bond acceptors (Lipinski definition) is 4. The first-order valence-electron chi connectivity index (χ1n) is 11.7. The normalized spacial score (nSPS) is 20.8. The van der Waals surface area contributed by atoms with Gasteiger partial charge >= 0.3 is 0 Å². The third kappa shape index (κ3) is 4.11. The summed E-state index contributed by atoms with van der Waals surface area (Å²) in [7, 11) is 0. The van der Waals surface area contributed by atoms with Crippen molar-refractivity contribution < 1.29 is 9.53 Å². The van der Waals surface area contributed by atoms with Crippen molar-refractivity contribution in [2.75, 3.05) is 42.6 Å². The summed E-state index contributed by atoms with van der Waals surface area (Å²) in [5.74, 6) is 0.678. The quantitative estimate of drug-likeness (QED) is 0.741. The Labute approximate surface area is 189 Å². The standard InChI is InChI=1S/C26H31N3O3/c1-19-5-7-20(8-6-19)21-9-10-25(30)28(17-21)18-26(31)29-12-11-22-23(3-2-4-24(22)29)27-13-15-32-16-14-27/h2-4,7,9-10,17,19H,5-6,8,11-16,18H2,1H3. The summed E-state index contributed by atoms with van der Waals surface area (Å²) >= 11 is 0. The first kappa shape index (κ1) is 21.0. The van der Waals surface area contributed by atoms with Crippen molar-refractivity contribution in [3.8, 4) is 0 Å². The average molecular weight is 434 g/mol. The number of nitrogens with zero attached hydrogens (tertiary/aromatic N) is 3. The van der Waals surface area contributed by atoms with Gasteiger partial charge in [0.1, 0.15) is 6.54 Å². The topological polar surface area (TPSA) is 54.8 Å². The lowest BCUT2D eigenvalue weighted by Crippen LogP contribution is -2.36. The summed E-state index contributed by atoms with van der Waals surface area (Å²) in [5, 5.41) is 0. The van der Waals surface area contributed by atoms with E-state index in [2.05, 4.69) is 24.0 Å². The van der Waals surface area contributed by atoms with Crippen LogP contribution < -0.4 is 15.4 Å². The Morgan fingerprint density at radius 2 is 1.88 bits per heavy atom. The lowest BCUT2D eigenvalue weighted by atomic mass is 9.88. The number of aromatic nitrogens is 1. The second kappa shape index (κ2) is 8.94. The van der Waals surface area contributed by atoms with E-state index in [4.69, 9.17) is 4.74 Å². The Bertz CT molecular complexity index is 1100. The van der Waals surface area contributed by atoms with Gasteiger partial charge in [0.05, 0.1) is 13.2 Å². The lowest BCUT2D eigenvalue weighted by Gasteiger charge is -2.30. The summed E-state index contributed by atoms with van der Waals surface area (Å²) in [5.41, 5.74) is 5.62. The van der Waals surface area contributed by atoms with Crippen LogP contribution in [0.25, 0.3) is 5.57 Å². The minimum absolute atomic E-state index is 0.0339. The highest BCUT2D eigenvalue weighted by Gasteiger charge is 2.28. The van der Waals surface area contributed by atoms with Crippen LogP contribution in [0.5, 0.6) is 0 Å². The molecular formula is C26H31N3O3. The average Bonchev–Trinajstić information content (AvgIpc) is 3.26. The highest BCUT2D eigenvalue weighted by Crippen LogP contribution is 2.36. The Morgan fingerprint density at radius 1 is 1.06 bits per heavy atom. The SMILES string of the molecule is CC1CC=C(c2ccc(=O)n(CC(=O)N3CCc4c(N5CCOCC5)cccc43)c2)CC1. The van der Waals surface area contributed by atoms with Gasteiger partial charge in [0, 0.05) is 48.8 Å². The fourth-order valence-corrected chi connectivity index (χ4v) is 5.08. The molecule has 0 N–H and O–H groups in total. The monoisotopic (exact) mass is 433 g/mol. The van der Waals surface area contributed by atoms with Crippen LogP contribution in [0, 0.1) is 5.92 Å². The van der Waals surface area contributed by atoms with Crippen molar-refractivity contribution >= 4 is 22.9 Å². The van der Waals surface area contributed by atoms with Gasteiger partial charge in [-0.25, -0.2) is 0 Å². The molecule has 32 heavy (non-hydrogen) atoms. The van der Waals surface area contributed by atoms with Crippen molar-refractivity contribution in [3.63, 3.8) is 0 Å². The Hall–Kier alpha value is -2.86. The molecule has 0 bridgehead atoms. The van der Waals surface area contributed by atoms with E-state index >= 15 is 0 Å². The molecule has 6 heteroatoms. The molecular weight excluding hydrogens is 402 g/mol. The van der Waals surface area contributed by atoms with Crippen LogP contribution in [-0.4, -0.2) is 43.3 Å². The molecule has 1 atom stereocenters. The Kier molecular flexibility index (Phi) is 5.87. The minimum atomic E-state index is -0.131. The van der Waals surface area contributed by atoms with Gasteiger partial charge in [0.25, 0.3) is 5.56 Å². The van der Waals surface area contributed by atoms with Gasteiger partial charge in [-0.1, -0.05) is 19.1 Å². The van der Waals surface area contributed by atoms with Gasteiger partial charge in [0.2, 0.25) is 5.91 Å². The number of amides is 1. The number of benzene rings is 1. The molecule has 1 aromatic carbocycles. The minimum Gasteiger partial charge on any atom is -0.378 e. The van der Waals surface area contributed by atoms with E-state index in [1.165, 1.54) is 23.2 Å². The van der Waals surface area contributed by atoms with Crippen LogP contribution in [0.2, 0.25) is 0 Å². The van der Waals surface area contributed by atoms with E-state index in [0.717, 1.165) is 56.8 Å². The summed E-state index contributed by atoms with van der Waals surface area (Å²) < 4.78 is 7.06. The number of fused-ring (bicyclic) bond motifs is 1. The molecule has 2 aromatic rings. The maximum atomic E-state index is 13.3. The number of ether oxygens (including phenoxy) is 1. The zero-order valence-electron chi connectivity index (χ0n) is 18.8. The number of hydrogen-bond donors (Lipinski definition) is 0. The van der Waals surface area contributed by atoms with Gasteiger partial charge in [-0.15, -0.1) is 0 Å². The number of allylic oxidation sites excluding steroid dienone is 2. The molecule has 3 aliphatic rings. The first-order valence-corrected chi connectivity index (χ1v) is 11.7. The summed E-state index contributed by atoms with van der Waals surface area (Å²) in [6, 6.07) is 9.68. The van der Waals surface area contributed by atoms with Gasteiger partial charge < -0.3 is 19.1 Å². The predicted octanol–water partition coefficient (Wildman–Crippen LogP) is 3.48. The molecule has 1 saturated heterocycles. The highest BCUT2D eigenvalue weighted by molar-refractivity contribution is 5.96. The van der Waals surface area contributed by atoms with Crippen LogP contribution in [0.1, 0.15) is 37.3 Å². The summed E-state index contributed by atoms with van der Waals surface area (Å²) in [6.45, 7) is 6.22. The second-order valence-electron chi connectivity index (χ2n) is 9.16. The Balaban J connectivity index is 1.36. The molecule has 6 nitrogen and oxygen atoms in total. The van der Waals surface area contributed by atoms with Gasteiger partial charge in [-0.3, -0.25) is 9.59 Å². The molecule has 3 heterocycles. The number of carbonyl (C=O) groups excluding carboxylic acids is 1. The van der Waals surface area contributed by atoms with Crippen LogP contribution in [0.3, 0.4) is 0 Å². The molecule has 168 valence electrons. The molecule has 1 aliphatic carbocycles. The number of anilines is 2. The zero-order valence-corrected chi connectivity index (χ0v) is 18.8. The summed E-state index contributed by atoms with van der Waals surface area (Å²) in [4.78, 5) is 30.0. The molecule has 2 aliphatic heterocycles. The molecule has 0 radical (unpaired) electrons. The third-order valence-electron chi connectivity index (χ3n) is 6.99.